The van der Waals surface area contributed by atoms with Gasteiger partial charge in [0.25, 0.3) is 0 Å². The lowest BCUT2D eigenvalue weighted by Gasteiger charge is -2.22. The van der Waals surface area contributed by atoms with Crippen LogP contribution in [0.25, 0.3) is 196 Å². The standard InChI is InChI=1S/C80H44/c1-5-20-45(21-6-1)49-28-13-16-31-52(49)73-55-33-18-17-32-54(55)67(46-22-7-2-8-23-46)77-61-40-36-57-56-37-41-62-74-63(42-38-58(71(56)74)59-39-43-64(80(73)77)75(61)72(57)59)79-69(48-26-11-4-12-27-48)76-60-35-19-34-53-50-29-14-15-30-51(50)65(70(53)60)44-66(76)68(78(62)79)47-24-9-3-10-25-47/h1-44H. The first-order chi connectivity index (χ1) is 39.8. The van der Waals surface area contributed by atoms with Crippen LogP contribution in [-0.2, 0) is 0 Å². The highest BCUT2D eigenvalue weighted by atomic mass is 14.4. The highest BCUT2D eigenvalue weighted by molar-refractivity contribution is 6.49. The van der Waals surface area contributed by atoms with E-state index in [0.29, 0.717) is 0 Å². The molecule has 0 saturated carbocycles. The second-order valence-corrected chi connectivity index (χ2v) is 22.3. The van der Waals surface area contributed by atoms with Crippen LogP contribution in [-0.4, -0.2) is 0 Å². The topological polar surface area (TPSA) is 0 Å². The van der Waals surface area contributed by atoms with Crippen molar-refractivity contribution in [2.24, 2.45) is 0 Å². The fourth-order valence-electron chi connectivity index (χ4n) is 15.6. The highest BCUT2D eigenvalue weighted by Crippen LogP contribution is 2.62. The molecule has 0 aliphatic heterocycles. The van der Waals surface area contributed by atoms with E-state index >= 15 is 0 Å². The van der Waals surface area contributed by atoms with Crippen molar-refractivity contribution < 1.29 is 0 Å². The molecule has 0 heterocycles. The molecule has 0 saturated heterocycles. The van der Waals surface area contributed by atoms with Crippen LogP contribution in [0.1, 0.15) is 0 Å². The summed E-state index contributed by atoms with van der Waals surface area (Å²) >= 11 is 0. The zero-order valence-electron chi connectivity index (χ0n) is 43.4. The molecule has 0 atom stereocenters. The Morgan fingerprint density at radius 2 is 0.500 bits per heavy atom. The summed E-state index contributed by atoms with van der Waals surface area (Å²) in [6, 6.07) is 101. The van der Waals surface area contributed by atoms with Crippen molar-refractivity contribution in [1.29, 1.82) is 0 Å². The van der Waals surface area contributed by atoms with Crippen LogP contribution in [0.5, 0.6) is 0 Å². The van der Waals surface area contributed by atoms with Crippen LogP contribution in [0.15, 0.2) is 267 Å². The van der Waals surface area contributed by atoms with E-state index in [0.717, 1.165) is 0 Å². The van der Waals surface area contributed by atoms with Gasteiger partial charge in [0, 0.05) is 0 Å². The van der Waals surface area contributed by atoms with Gasteiger partial charge in [-0.05, 0) is 202 Å². The Hall–Kier alpha value is -10.4. The summed E-state index contributed by atoms with van der Waals surface area (Å²) in [5.41, 5.74) is 17.9. The van der Waals surface area contributed by atoms with Gasteiger partial charge in [0.1, 0.15) is 0 Å². The van der Waals surface area contributed by atoms with E-state index < -0.39 is 0 Å². The minimum atomic E-state index is 1.22. The maximum absolute atomic E-state index is 2.55. The van der Waals surface area contributed by atoms with Crippen LogP contribution in [0.4, 0.5) is 0 Å². The van der Waals surface area contributed by atoms with Gasteiger partial charge in [-0.1, -0.05) is 261 Å². The fourth-order valence-corrected chi connectivity index (χ4v) is 15.6. The van der Waals surface area contributed by atoms with Crippen molar-refractivity contribution >= 4 is 118 Å². The third kappa shape index (κ3) is 5.36. The number of benzene rings is 16. The molecule has 364 valence electrons. The molecule has 0 N–H and O–H groups in total. The minimum Gasteiger partial charge on any atom is -0.0622 e. The quantitative estimate of drug-likeness (QED) is 0.119. The molecule has 80 heavy (non-hydrogen) atoms. The molecule has 0 unspecified atom stereocenters. The molecule has 0 heteroatoms. The van der Waals surface area contributed by atoms with Gasteiger partial charge >= 0.3 is 0 Å². The van der Waals surface area contributed by atoms with Gasteiger partial charge < -0.3 is 0 Å². The molecule has 18 aromatic carbocycles. The summed E-state index contributed by atoms with van der Waals surface area (Å²) in [6.07, 6.45) is 0. The van der Waals surface area contributed by atoms with Crippen LogP contribution in [0, 0.1) is 0 Å². The van der Waals surface area contributed by atoms with E-state index in [4.69, 9.17) is 0 Å². The molecule has 0 fully saturated rings. The summed E-state index contributed by atoms with van der Waals surface area (Å²) in [7, 11) is 0. The molecule has 18 aromatic rings. The molecule has 1 aliphatic carbocycles. The smallest absolute Gasteiger partial charge is 0.000718 e. The van der Waals surface area contributed by atoms with E-state index in [-0.39, 0.29) is 0 Å². The van der Waals surface area contributed by atoms with E-state index in [1.807, 2.05) is 0 Å². The number of rotatable bonds is 5. The summed E-state index contributed by atoms with van der Waals surface area (Å²) < 4.78 is 0. The van der Waals surface area contributed by atoms with E-state index in [1.165, 1.54) is 196 Å². The van der Waals surface area contributed by atoms with Gasteiger partial charge in [-0.2, -0.15) is 0 Å². The van der Waals surface area contributed by atoms with Crippen molar-refractivity contribution in [1.82, 2.24) is 0 Å². The molecular formula is C80H44. The fraction of sp³-hybridized carbons (Fsp3) is 0. The molecular weight excluding hydrogens is 961 g/mol. The molecule has 0 bridgehead atoms. The van der Waals surface area contributed by atoms with Crippen LogP contribution < -0.4 is 0 Å². The van der Waals surface area contributed by atoms with Crippen molar-refractivity contribution in [3.63, 3.8) is 0 Å². The number of fused-ring (bicyclic) bond motifs is 14. The Kier molecular flexibility index (Phi) is 8.34. The minimum absolute atomic E-state index is 1.22. The van der Waals surface area contributed by atoms with E-state index in [2.05, 4.69) is 267 Å². The zero-order chi connectivity index (χ0) is 51.9. The normalized spacial score (nSPS) is 12.5. The second-order valence-electron chi connectivity index (χ2n) is 22.3. The molecule has 1 aliphatic rings. The third-order valence-electron chi connectivity index (χ3n) is 18.6. The Labute approximate surface area is 460 Å². The van der Waals surface area contributed by atoms with Gasteiger partial charge in [-0.15, -0.1) is 0 Å². The lowest BCUT2D eigenvalue weighted by atomic mass is 9.81. The summed E-state index contributed by atoms with van der Waals surface area (Å²) in [5.74, 6) is 0. The maximum Gasteiger partial charge on any atom is -0.000718 e. The van der Waals surface area contributed by atoms with Gasteiger partial charge in [0.2, 0.25) is 0 Å². The summed E-state index contributed by atoms with van der Waals surface area (Å²) in [6.45, 7) is 0. The average Bonchev–Trinajstić information content (AvgIpc) is 3.61. The first-order valence-electron chi connectivity index (χ1n) is 28.1. The van der Waals surface area contributed by atoms with Gasteiger partial charge in [-0.3, -0.25) is 0 Å². The number of hydrogen-bond acceptors (Lipinski definition) is 0. The van der Waals surface area contributed by atoms with Gasteiger partial charge in [0.15, 0.2) is 0 Å². The Bertz CT molecular complexity index is 5640. The largest absolute Gasteiger partial charge is 0.0622 e. The molecule has 19 rings (SSSR count). The predicted octanol–water partition coefficient (Wildman–Crippen LogP) is 22.7. The van der Waals surface area contributed by atoms with E-state index in [1.54, 1.807) is 0 Å². The van der Waals surface area contributed by atoms with Crippen molar-refractivity contribution in [2.45, 2.75) is 0 Å². The lowest BCUT2D eigenvalue weighted by molar-refractivity contribution is 1.59. The van der Waals surface area contributed by atoms with E-state index in [9.17, 15) is 0 Å². The zero-order valence-corrected chi connectivity index (χ0v) is 43.4. The Morgan fingerprint density at radius 3 is 1.11 bits per heavy atom. The molecule has 0 radical (unpaired) electrons. The molecule has 0 aromatic heterocycles. The second kappa shape index (κ2) is 15.6. The van der Waals surface area contributed by atoms with Crippen molar-refractivity contribution in [3.05, 3.63) is 267 Å². The van der Waals surface area contributed by atoms with Crippen LogP contribution in [0.2, 0.25) is 0 Å². The molecule has 0 nitrogen and oxygen atoms in total. The summed E-state index contributed by atoms with van der Waals surface area (Å²) in [4.78, 5) is 0. The molecule has 0 amide bonds. The van der Waals surface area contributed by atoms with Crippen molar-refractivity contribution in [2.75, 3.05) is 0 Å². The maximum atomic E-state index is 2.55. The van der Waals surface area contributed by atoms with Gasteiger partial charge in [-0.25, -0.2) is 0 Å². The molecule has 0 spiro atoms. The first kappa shape index (κ1) is 42.7. The van der Waals surface area contributed by atoms with Crippen molar-refractivity contribution in [3.8, 4) is 77.9 Å². The Balaban J connectivity index is 0.974. The van der Waals surface area contributed by atoms with Gasteiger partial charge in [0.05, 0.1) is 0 Å². The monoisotopic (exact) mass is 1000 g/mol. The SMILES string of the molecule is c1ccc(-c2ccccc2-c2c3c(c(-c4ccccc4)c4ccccc24)-c2ccc4c5ccc6c7c(-c8ccccc8)c8cc9c%10ccccc%10c%10cccc(c8c(-c8ccccc8)c7c7ccc(c8ccc-3c2c48)c5c67)c%109)cc1. The van der Waals surface area contributed by atoms with Crippen LogP contribution >= 0.6 is 0 Å². The van der Waals surface area contributed by atoms with Crippen LogP contribution in [0.3, 0.4) is 0 Å². The third-order valence-corrected chi connectivity index (χ3v) is 18.6. The number of hydrogen-bond donors (Lipinski definition) is 0. The average molecular weight is 1010 g/mol. The highest BCUT2D eigenvalue weighted by Gasteiger charge is 2.34. The summed E-state index contributed by atoms with van der Waals surface area (Å²) in [5, 5.41) is 29.0. The predicted molar refractivity (Wildman–Crippen MR) is 344 cm³/mol. The lowest BCUT2D eigenvalue weighted by Crippen LogP contribution is -1.95. The first-order valence-corrected chi connectivity index (χ1v) is 28.1. The Morgan fingerprint density at radius 1 is 0.125 bits per heavy atom.